The van der Waals surface area contributed by atoms with Gasteiger partial charge in [0.1, 0.15) is 23.2 Å². The number of benzene rings is 1. The second-order valence-corrected chi connectivity index (χ2v) is 8.64. The topological polar surface area (TPSA) is 120 Å². The number of nitrogens with zero attached hydrogens (tertiary/aromatic N) is 2. The summed E-state index contributed by atoms with van der Waals surface area (Å²) in [6.07, 6.45) is 4.95. The van der Waals surface area contributed by atoms with E-state index >= 15 is 0 Å². The average Bonchev–Trinajstić information content (AvgIpc) is 3.10. The number of nitrogens with two attached hydrogens (primary N) is 1. The molecule has 0 spiro atoms. The Labute approximate surface area is 182 Å². The van der Waals surface area contributed by atoms with E-state index < -0.39 is 11.6 Å². The molecule has 2 aromatic rings. The molecule has 2 unspecified atom stereocenters. The van der Waals surface area contributed by atoms with Crippen LogP contribution in [0.1, 0.15) is 55.9 Å². The summed E-state index contributed by atoms with van der Waals surface area (Å²) < 4.78 is 7.96. The van der Waals surface area contributed by atoms with Crippen LogP contribution >= 0.6 is 0 Å². The summed E-state index contributed by atoms with van der Waals surface area (Å²) in [4.78, 5) is 13.6. The fourth-order valence-corrected chi connectivity index (χ4v) is 4.75. The third kappa shape index (κ3) is 3.95. The smallest absolute Gasteiger partial charge is 0.312 e. The Morgan fingerprint density at radius 3 is 2.65 bits per heavy atom. The normalized spacial score (nSPS) is 25.6. The van der Waals surface area contributed by atoms with Crippen LogP contribution in [-0.4, -0.2) is 40.5 Å². The zero-order chi connectivity index (χ0) is 22.2. The molecule has 5 N–H and O–H groups in total. The van der Waals surface area contributed by atoms with Crippen molar-refractivity contribution >= 4 is 11.9 Å². The minimum absolute atomic E-state index is 0.125. The highest BCUT2D eigenvalue weighted by Gasteiger charge is 2.39. The third-order valence-electron chi connectivity index (χ3n) is 6.70. The van der Waals surface area contributed by atoms with Crippen molar-refractivity contribution < 1.29 is 9.53 Å². The van der Waals surface area contributed by atoms with Crippen LogP contribution in [0.15, 0.2) is 42.6 Å². The van der Waals surface area contributed by atoms with Gasteiger partial charge >= 0.3 is 6.03 Å². The summed E-state index contributed by atoms with van der Waals surface area (Å²) >= 11 is 0. The maximum Gasteiger partial charge on any atom is 0.312 e. The first kappa shape index (κ1) is 21.1. The van der Waals surface area contributed by atoms with Crippen LogP contribution in [0.5, 0.6) is 5.75 Å². The zero-order valence-corrected chi connectivity index (χ0v) is 18.0. The van der Waals surface area contributed by atoms with Gasteiger partial charge in [0, 0.05) is 0 Å². The van der Waals surface area contributed by atoms with Crippen molar-refractivity contribution in [2.45, 2.75) is 50.3 Å². The number of aromatic nitrogens is 1. The molecular weight excluding hydrogens is 392 g/mol. The Kier molecular flexibility index (Phi) is 5.58. The Morgan fingerprint density at radius 1 is 1.23 bits per heavy atom. The number of fused-ring (bicyclic) bond motifs is 1. The number of amides is 2. The lowest BCUT2D eigenvalue weighted by atomic mass is 9.85. The van der Waals surface area contributed by atoms with Crippen molar-refractivity contribution in [3.8, 4) is 5.75 Å². The number of ether oxygens (including phenoxy) is 1. The van der Waals surface area contributed by atoms with E-state index in [2.05, 4.69) is 17.1 Å². The fraction of sp³-hybridized carbons (Fsp3) is 0.435. The van der Waals surface area contributed by atoms with Gasteiger partial charge in [0.2, 0.25) is 0 Å². The summed E-state index contributed by atoms with van der Waals surface area (Å²) in [5.74, 6) is 1.00. The van der Waals surface area contributed by atoms with Crippen LogP contribution in [0, 0.1) is 10.8 Å². The first-order valence-corrected chi connectivity index (χ1v) is 10.7. The molecule has 1 saturated heterocycles. The Hall–Kier alpha value is -3.13. The van der Waals surface area contributed by atoms with Crippen LogP contribution in [0.25, 0.3) is 0 Å². The molecule has 1 aromatic carbocycles. The van der Waals surface area contributed by atoms with E-state index in [-0.39, 0.29) is 17.6 Å². The van der Waals surface area contributed by atoms with Crippen LogP contribution in [-0.2, 0) is 0 Å². The number of urea groups is 1. The number of hydrogen-bond acceptors (Lipinski definition) is 5. The van der Waals surface area contributed by atoms with Crippen molar-refractivity contribution in [2.24, 2.45) is 5.73 Å². The van der Waals surface area contributed by atoms with Gasteiger partial charge < -0.3 is 15.8 Å². The van der Waals surface area contributed by atoms with Crippen LogP contribution in [0.4, 0.5) is 4.79 Å². The van der Waals surface area contributed by atoms with E-state index in [1.54, 1.807) is 22.9 Å². The van der Waals surface area contributed by atoms with E-state index in [9.17, 15) is 4.79 Å². The SMILES string of the molecule is CN1CCC[C@]1(C)C(=N)n1cc(OC2CCC(NC(N)=O)c3ccccc32)ccc1=N. The molecule has 164 valence electrons. The molecule has 0 bridgehead atoms. The molecular formula is C23H30N6O2. The standard InChI is InChI=1S/C23H30N6O2/c1-23(12-5-13-28(23)2)21(25)29-14-15(8-11-20(29)24)31-19-10-9-18(27-22(26)30)16-6-3-4-7-17(16)19/h3-4,6-8,11,14,18-19,24-25H,5,9-10,12-13H2,1-2H3,(H3,26,27,30)/t18?,19?,23-/m1/s1. The lowest BCUT2D eigenvalue weighted by Gasteiger charge is -2.34. The molecule has 0 saturated carbocycles. The number of pyridine rings is 1. The van der Waals surface area contributed by atoms with Gasteiger partial charge in [0.25, 0.3) is 0 Å². The molecule has 1 aliphatic carbocycles. The lowest BCUT2D eigenvalue weighted by molar-refractivity contribution is 0.171. The minimum Gasteiger partial charge on any atom is -0.484 e. The van der Waals surface area contributed by atoms with Crippen molar-refractivity contribution in [3.05, 3.63) is 59.2 Å². The van der Waals surface area contributed by atoms with Gasteiger partial charge in [0.15, 0.2) is 0 Å². The Morgan fingerprint density at radius 2 is 1.97 bits per heavy atom. The number of primary amides is 1. The van der Waals surface area contributed by atoms with Crippen LogP contribution in [0.3, 0.4) is 0 Å². The predicted octanol–water partition coefficient (Wildman–Crippen LogP) is 2.90. The molecule has 3 atom stereocenters. The quantitative estimate of drug-likeness (QED) is 0.448. The van der Waals surface area contributed by atoms with Gasteiger partial charge in [-0.15, -0.1) is 0 Å². The molecule has 8 heteroatoms. The van der Waals surface area contributed by atoms with Gasteiger partial charge in [-0.25, -0.2) is 4.79 Å². The second-order valence-electron chi connectivity index (χ2n) is 8.64. The number of likely N-dealkylation sites (tertiary alicyclic amines) is 1. The highest BCUT2D eigenvalue weighted by atomic mass is 16.5. The van der Waals surface area contributed by atoms with E-state index in [4.69, 9.17) is 21.3 Å². The van der Waals surface area contributed by atoms with Gasteiger partial charge in [-0.3, -0.25) is 20.3 Å². The largest absolute Gasteiger partial charge is 0.484 e. The zero-order valence-electron chi connectivity index (χ0n) is 18.0. The van der Waals surface area contributed by atoms with E-state index in [1.165, 1.54) is 0 Å². The number of nitrogens with one attached hydrogen (secondary N) is 3. The highest BCUT2D eigenvalue weighted by Crippen LogP contribution is 2.38. The van der Waals surface area contributed by atoms with Crippen molar-refractivity contribution in [1.29, 1.82) is 10.8 Å². The molecule has 2 heterocycles. The van der Waals surface area contributed by atoms with Gasteiger partial charge in [-0.1, -0.05) is 24.3 Å². The first-order valence-electron chi connectivity index (χ1n) is 10.7. The van der Waals surface area contributed by atoms with Crippen LogP contribution in [0.2, 0.25) is 0 Å². The van der Waals surface area contributed by atoms with Crippen molar-refractivity contribution in [2.75, 3.05) is 13.6 Å². The second kappa shape index (κ2) is 8.19. The molecule has 8 nitrogen and oxygen atoms in total. The Balaban J connectivity index is 1.60. The van der Waals surface area contributed by atoms with E-state index in [0.29, 0.717) is 11.6 Å². The predicted molar refractivity (Wildman–Crippen MR) is 118 cm³/mol. The van der Waals surface area contributed by atoms with E-state index in [0.717, 1.165) is 43.4 Å². The molecule has 1 aliphatic heterocycles. The number of carbonyl (C=O) groups excluding carboxylic acids is 1. The number of hydrogen-bond donors (Lipinski definition) is 4. The summed E-state index contributed by atoms with van der Waals surface area (Å²) in [5, 5.41) is 20.0. The molecule has 0 radical (unpaired) electrons. The van der Waals surface area contributed by atoms with E-state index in [1.807, 2.05) is 31.3 Å². The minimum atomic E-state index is -0.532. The summed E-state index contributed by atoms with van der Waals surface area (Å²) in [6.45, 7) is 3.01. The first-order chi connectivity index (χ1) is 14.8. The third-order valence-corrected chi connectivity index (χ3v) is 6.70. The number of rotatable bonds is 4. The monoisotopic (exact) mass is 422 g/mol. The van der Waals surface area contributed by atoms with Gasteiger partial charge in [-0.05, 0) is 69.5 Å². The average molecular weight is 423 g/mol. The van der Waals surface area contributed by atoms with Gasteiger partial charge in [-0.2, -0.15) is 0 Å². The molecule has 4 rings (SSSR count). The maximum absolute atomic E-state index is 11.4. The van der Waals surface area contributed by atoms with Crippen LogP contribution < -0.4 is 21.3 Å². The summed E-state index contributed by atoms with van der Waals surface area (Å²) in [7, 11) is 2.03. The van der Waals surface area contributed by atoms with Crippen molar-refractivity contribution in [3.63, 3.8) is 0 Å². The number of likely N-dealkylation sites (N-methyl/N-ethyl adjacent to an activating group) is 1. The highest BCUT2D eigenvalue weighted by molar-refractivity contribution is 5.90. The van der Waals surface area contributed by atoms with Gasteiger partial charge in [0.05, 0.1) is 17.8 Å². The summed E-state index contributed by atoms with van der Waals surface area (Å²) in [6, 6.07) is 10.7. The molecule has 2 aliphatic rings. The fourth-order valence-electron chi connectivity index (χ4n) is 4.75. The molecule has 31 heavy (non-hydrogen) atoms. The molecule has 2 amide bonds. The summed E-state index contributed by atoms with van der Waals surface area (Å²) in [5.41, 5.74) is 7.23. The lowest BCUT2D eigenvalue weighted by Crippen LogP contribution is -2.50. The maximum atomic E-state index is 11.4. The molecule has 1 fully saturated rings. The Bertz CT molecular complexity index is 1060. The molecule has 1 aromatic heterocycles. The number of carbonyl (C=O) groups is 1. The van der Waals surface area contributed by atoms with Crippen molar-refractivity contribution in [1.82, 2.24) is 14.8 Å².